The molecule has 1 aromatic carbocycles. The summed E-state index contributed by atoms with van der Waals surface area (Å²) in [6.07, 6.45) is 1.94. The molecule has 0 spiro atoms. The lowest BCUT2D eigenvalue weighted by molar-refractivity contribution is -0.151. The lowest BCUT2D eigenvalue weighted by Gasteiger charge is -2.14. The third-order valence-electron chi connectivity index (χ3n) is 4.56. The van der Waals surface area contributed by atoms with Gasteiger partial charge in [0.1, 0.15) is 11.9 Å². The van der Waals surface area contributed by atoms with Crippen LogP contribution < -0.4 is 4.74 Å². The van der Waals surface area contributed by atoms with Crippen molar-refractivity contribution in [2.75, 3.05) is 7.11 Å². The molecule has 0 aliphatic heterocycles. The molecule has 0 saturated heterocycles. The van der Waals surface area contributed by atoms with E-state index < -0.39 is 0 Å². The lowest BCUT2D eigenvalue weighted by atomic mass is 10.1. The van der Waals surface area contributed by atoms with Crippen molar-refractivity contribution in [3.8, 4) is 5.75 Å². The van der Waals surface area contributed by atoms with Gasteiger partial charge in [0.25, 0.3) is 0 Å². The molecule has 3 nitrogen and oxygen atoms in total. The van der Waals surface area contributed by atoms with Crippen molar-refractivity contribution in [3.05, 3.63) is 41.5 Å². The highest BCUT2D eigenvalue weighted by atomic mass is 16.5. The summed E-state index contributed by atoms with van der Waals surface area (Å²) in [5.41, 5.74) is 2.22. The van der Waals surface area contributed by atoms with Gasteiger partial charge in [0.05, 0.1) is 13.0 Å². The molecule has 3 atom stereocenters. The van der Waals surface area contributed by atoms with Crippen molar-refractivity contribution >= 4 is 5.97 Å². The van der Waals surface area contributed by atoms with Crippen LogP contribution in [0.25, 0.3) is 0 Å². The molecule has 22 heavy (non-hydrogen) atoms. The lowest BCUT2D eigenvalue weighted by Crippen LogP contribution is -2.13. The van der Waals surface area contributed by atoms with Gasteiger partial charge >= 0.3 is 5.97 Å². The number of methoxy groups -OCH3 is 1. The van der Waals surface area contributed by atoms with E-state index in [2.05, 4.69) is 33.8 Å². The summed E-state index contributed by atoms with van der Waals surface area (Å²) in [5, 5.41) is 0. The van der Waals surface area contributed by atoms with Crippen molar-refractivity contribution in [3.63, 3.8) is 0 Å². The maximum atomic E-state index is 12.4. The van der Waals surface area contributed by atoms with Crippen molar-refractivity contribution < 1.29 is 14.3 Å². The molecule has 1 saturated carbocycles. The Balaban J connectivity index is 2.01. The highest BCUT2D eigenvalue weighted by Crippen LogP contribution is 2.60. The molecule has 1 aliphatic carbocycles. The van der Waals surface area contributed by atoms with E-state index in [1.165, 1.54) is 5.57 Å². The van der Waals surface area contributed by atoms with Crippen LogP contribution in [0.5, 0.6) is 5.75 Å². The molecule has 1 aliphatic rings. The standard InChI is InChI=1S/C19H26O3/c1-12(2)11-16-17(19(16,4)5)18(20)22-13(3)14-7-9-15(21-6)10-8-14/h7-11,13,16-17H,1-6H3. The van der Waals surface area contributed by atoms with Gasteiger partial charge in [-0.2, -0.15) is 0 Å². The van der Waals surface area contributed by atoms with E-state index in [0.717, 1.165) is 11.3 Å². The quantitative estimate of drug-likeness (QED) is 0.592. The number of carbonyl (C=O) groups excluding carboxylic acids is 1. The van der Waals surface area contributed by atoms with E-state index in [-0.39, 0.29) is 29.3 Å². The van der Waals surface area contributed by atoms with Crippen molar-refractivity contribution in [2.24, 2.45) is 17.3 Å². The Morgan fingerprint density at radius 1 is 1.23 bits per heavy atom. The Kier molecular flexibility index (Phi) is 4.64. The molecule has 3 heteroatoms. The number of esters is 1. The van der Waals surface area contributed by atoms with E-state index in [1.54, 1.807) is 7.11 Å². The van der Waals surface area contributed by atoms with Gasteiger partial charge in [0, 0.05) is 0 Å². The Labute approximate surface area is 133 Å². The van der Waals surface area contributed by atoms with E-state index in [4.69, 9.17) is 9.47 Å². The fraction of sp³-hybridized carbons (Fsp3) is 0.526. The summed E-state index contributed by atoms with van der Waals surface area (Å²) in [6.45, 7) is 10.3. The Bertz CT molecular complexity index is 565. The number of allylic oxidation sites excluding steroid dienone is 2. The topological polar surface area (TPSA) is 35.5 Å². The Morgan fingerprint density at radius 3 is 2.32 bits per heavy atom. The number of carbonyl (C=O) groups is 1. The van der Waals surface area contributed by atoms with Gasteiger partial charge in [-0.15, -0.1) is 0 Å². The molecule has 0 radical (unpaired) electrons. The highest BCUT2D eigenvalue weighted by molar-refractivity contribution is 5.78. The number of ether oxygens (including phenoxy) is 2. The SMILES string of the molecule is COc1ccc(C(C)OC(=O)C2C(C=C(C)C)C2(C)C)cc1. The van der Waals surface area contributed by atoms with Crippen LogP contribution in [0.1, 0.15) is 46.3 Å². The maximum Gasteiger partial charge on any atom is 0.310 e. The van der Waals surface area contributed by atoms with Crippen LogP contribution in [0.4, 0.5) is 0 Å². The summed E-state index contributed by atoms with van der Waals surface area (Å²) in [5.74, 6) is 0.946. The minimum atomic E-state index is -0.248. The number of rotatable bonds is 5. The molecule has 3 unspecified atom stereocenters. The second-order valence-corrected chi connectivity index (χ2v) is 6.92. The highest BCUT2D eigenvalue weighted by Gasteiger charge is 2.61. The molecule has 0 heterocycles. The van der Waals surface area contributed by atoms with Gasteiger partial charge in [-0.1, -0.05) is 37.6 Å². The monoisotopic (exact) mass is 302 g/mol. The molecule has 0 bridgehead atoms. The summed E-state index contributed by atoms with van der Waals surface area (Å²) in [4.78, 5) is 12.4. The van der Waals surface area contributed by atoms with Crippen LogP contribution >= 0.6 is 0 Å². The Hall–Kier alpha value is -1.77. The van der Waals surface area contributed by atoms with Crippen LogP contribution in [-0.2, 0) is 9.53 Å². The smallest absolute Gasteiger partial charge is 0.310 e. The Morgan fingerprint density at radius 2 is 1.82 bits per heavy atom. The van der Waals surface area contributed by atoms with Crippen LogP contribution in [0, 0.1) is 17.3 Å². The maximum absolute atomic E-state index is 12.4. The third kappa shape index (κ3) is 3.34. The molecule has 0 amide bonds. The number of hydrogen-bond acceptors (Lipinski definition) is 3. The summed E-state index contributed by atoms with van der Waals surface area (Å²) < 4.78 is 10.8. The van der Waals surface area contributed by atoms with E-state index in [1.807, 2.05) is 31.2 Å². The fourth-order valence-electron chi connectivity index (χ4n) is 2.99. The fourth-order valence-corrected chi connectivity index (χ4v) is 2.99. The minimum Gasteiger partial charge on any atom is -0.497 e. The normalized spacial score (nSPS) is 23.4. The molecule has 1 fully saturated rings. The zero-order valence-corrected chi connectivity index (χ0v) is 14.3. The zero-order chi connectivity index (χ0) is 16.5. The first-order valence-electron chi connectivity index (χ1n) is 7.77. The predicted molar refractivity (Wildman–Crippen MR) is 87.7 cm³/mol. The van der Waals surface area contributed by atoms with Crippen molar-refractivity contribution in [1.82, 2.24) is 0 Å². The first-order valence-corrected chi connectivity index (χ1v) is 7.77. The first-order chi connectivity index (χ1) is 10.3. The number of hydrogen-bond donors (Lipinski definition) is 0. The van der Waals surface area contributed by atoms with Gasteiger partial charge in [0.15, 0.2) is 0 Å². The van der Waals surface area contributed by atoms with E-state index in [9.17, 15) is 4.79 Å². The zero-order valence-electron chi connectivity index (χ0n) is 14.3. The van der Waals surface area contributed by atoms with Gasteiger partial charge in [0.2, 0.25) is 0 Å². The second kappa shape index (κ2) is 6.15. The van der Waals surface area contributed by atoms with Crippen molar-refractivity contribution in [1.29, 1.82) is 0 Å². The predicted octanol–water partition coefficient (Wildman–Crippen LogP) is 4.54. The van der Waals surface area contributed by atoms with Gasteiger partial charge in [-0.25, -0.2) is 0 Å². The van der Waals surface area contributed by atoms with Gasteiger partial charge < -0.3 is 9.47 Å². The average molecular weight is 302 g/mol. The number of benzene rings is 1. The summed E-state index contributed by atoms with van der Waals surface area (Å²) in [6, 6.07) is 7.63. The average Bonchev–Trinajstić information content (AvgIpc) is 2.99. The second-order valence-electron chi connectivity index (χ2n) is 6.92. The van der Waals surface area contributed by atoms with Crippen LogP contribution in [0.15, 0.2) is 35.9 Å². The van der Waals surface area contributed by atoms with Crippen molar-refractivity contribution in [2.45, 2.75) is 40.7 Å². The minimum absolute atomic E-state index is 0.00597. The van der Waals surface area contributed by atoms with Crippen LogP contribution in [0.3, 0.4) is 0 Å². The molecule has 120 valence electrons. The largest absolute Gasteiger partial charge is 0.497 e. The molecular formula is C19H26O3. The molecule has 0 aromatic heterocycles. The molecule has 0 N–H and O–H groups in total. The summed E-state index contributed by atoms with van der Waals surface area (Å²) >= 11 is 0. The molecule has 1 aromatic rings. The first kappa shape index (κ1) is 16.6. The van der Waals surface area contributed by atoms with E-state index in [0.29, 0.717) is 0 Å². The van der Waals surface area contributed by atoms with Gasteiger partial charge in [-0.3, -0.25) is 4.79 Å². The van der Waals surface area contributed by atoms with Gasteiger partial charge in [-0.05, 0) is 49.8 Å². The summed E-state index contributed by atoms with van der Waals surface area (Å²) in [7, 11) is 1.64. The molecular weight excluding hydrogens is 276 g/mol. The molecule has 2 rings (SSSR count). The van der Waals surface area contributed by atoms with E-state index >= 15 is 0 Å². The van der Waals surface area contributed by atoms with Crippen LogP contribution in [-0.4, -0.2) is 13.1 Å². The van der Waals surface area contributed by atoms with Crippen LogP contribution in [0.2, 0.25) is 0 Å². The third-order valence-corrected chi connectivity index (χ3v) is 4.56.